The van der Waals surface area contributed by atoms with Crippen molar-refractivity contribution in [3.63, 3.8) is 0 Å². The summed E-state index contributed by atoms with van der Waals surface area (Å²) in [6, 6.07) is 14.1. The van der Waals surface area contributed by atoms with Crippen LogP contribution in [0.5, 0.6) is 0 Å². The zero-order valence-corrected chi connectivity index (χ0v) is 10.5. The third-order valence-electron chi connectivity index (χ3n) is 3.51. The van der Waals surface area contributed by atoms with E-state index in [1.807, 2.05) is 42.5 Å². The predicted molar refractivity (Wildman–Crippen MR) is 78.4 cm³/mol. The summed E-state index contributed by atoms with van der Waals surface area (Å²) in [6.07, 6.45) is 0.942. The van der Waals surface area contributed by atoms with E-state index >= 15 is 0 Å². The minimum Gasteiger partial charge on any atom is -0.399 e. The molecule has 0 fully saturated rings. The number of rotatable bonds is 2. The van der Waals surface area contributed by atoms with Crippen molar-refractivity contribution in [2.45, 2.75) is 12.5 Å². The average molecular weight is 252 g/mol. The molecule has 0 aromatic heterocycles. The van der Waals surface area contributed by atoms with Crippen LogP contribution in [0.4, 0.5) is 11.4 Å². The Morgan fingerprint density at radius 2 is 1.89 bits per heavy atom. The Morgan fingerprint density at radius 1 is 1.16 bits per heavy atom. The Morgan fingerprint density at radius 3 is 2.58 bits per heavy atom. The second-order valence-electron chi connectivity index (χ2n) is 4.85. The highest BCUT2D eigenvalue weighted by Gasteiger charge is 2.22. The molecule has 0 bridgehead atoms. The van der Waals surface area contributed by atoms with E-state index < -0.39 is 0 Å². The average Bonchev–Trinajstić information content (AvgIpc) is 2.82. The van der Waals surface area contributed by atoms with E-state index in [4.69, 9.17) is 16.9 Å². The number of anilines is 2. The summed E-state index contributed by atoms with van der Waals surface area (Å²) in [5, 5.41) is 10.9. The van der Waals surface area contributed by atoms with Gasteiger partial charge in [0.2, 0.25) is 0 Å². The normalized spacial score (nSPS) is 16.7. The molecular formula is C15H16N4. The van der Waals surface area contributed by atoms with E-state index in [0.29, 0.717) is 0 Å². The number of fused-ring (bicyclic) bond motifs is 1. The molecule has 0 amide bonds. The maximum absolute atomic E-state index is 7.47. The third-order valence-corrected chi connectivity index (χ3v) is 3.51. The van der Waals surface area contributed by atoms with Crippen molar-refractivity contribution in [3.05, 3.63) is 59.2 Å². The van der Waals surface area contributed by atoms with Gasteiger partial charge < -0.3 is 16.8 Å². The molecule has 0 spiro atoms. The summed E-state index contributed by atoms with van der Waals surface area (Å²) >= 11 is 0. The highest BCUT2D eigenvalue weighted by molar-refractivity contribution is 5.96. The zero-order chi connectivity index (χ0) is 13.4. The van der Waals surface area contributed by atoms with Crippen LogP contribution in [0.15, 0.2) is 42.5 Å². The van der Waals surface area contributed by atoms with Crippen LogP contribution in [0.3, 0.4) is 0 Å². The first-order chi connectivity index (χ1) is 9.13. The van der Waals surface area contributed by atoms with Crippen molar-refractivity contribution >= 4 is 17.2 Å². The van der Waals surface area contributed by atoms with Crippen LogP contribution in [0, 0.1) is 5.41 Å². The molecular weight excluding hydrogens is 236 g/mol. The van der Waals surface area contributed by atoms with Gasteiger partial charge in [0, 0.05) is 16.9 Å². The van der Waals surface area contributed by atoms with E-state index in [2.05, 4.69) is 5.32 Å². The molecule has 96 valence electrons. The lowest BCUT2D eigenvalue weighted by Gasteiger charge is -2.11. The van der Waals surface area contributed by atoms with Crippen molar-refractivity contribution in [2.75, 3.05) is 11.1 Å². The number of hydrogen-bond donors (Lipinski definition) is 4. The summed E-state index contributed by atoms with van der Waals surface area (Å²) in [7, 11) is 0. The number of nitrogens with two attached hydrogens (primary N) is 2. The third kappa shape index (κ3) is 2.12. The summed E-state index contributed by atoms with van der Waals surface area (Å²) < 4.78 is 0. The maximum Gasteiger partial charge on any atom is 0.122 e. The predicted octanol–water partition coefficient (Wildman–Crippen LogP) is 2.26. The lowest BCUT2D eigenvalue weighted by atomic mass is 10.0. The highest BCUT2D eigenvalue weighted by Crippen LogP contribution is 2.34. The largest absolute Gasteiger partial charge is 0.399 e. The van der Waals surface area contributed by atoms with E-state index in [1.54, 1.807) is 0 Å². The van der Waals surface area contributed by atoms with E-state index in [-0.39, 0.29) is 11.9 Å². The Kier molecular flexibility index (Phi) is 2.63. The van der Waals surface area contributed by atoms with Gasteiger partial charge in [-0.15, -0.1) is 0 Å². The first-order valence-electron chi connectivity index (χ1n) is 6.23. The van der Waals surface area contributed by atoms with Gasteiger partial charge >= 0.3 is 0 Å². The molecule has 4 heteroatoms. The molecule has 6 N–H and O–H groups in total. The SMILES string of the molecule is N=C(N)c1ccc2c(c1)NC(c1ccc(N)cc1)C2. The Hall–Kier alpha value is -2.49. The van der Waals surface area contributed by atoms with Gasteiger partial charge in [-0.1, -0.05) is 24.3 Å². The fourth-order valence-electron chi connectivity index (χ4n) is 2.44. The van der Waals surface area contributed by atoms with E-state index in [1.165, 1.54) is 11.1 Å². The molecule has 4 nitrogen and oxygen atoms in total. The van der Waals surface area contributed by atoms with Crippen LogP contribution in [0.2, 0.25) is 0 Å². The number of nitrogens with one attached hydrogen (secondary N) is 2. The van der Waals surface area contributed by atoms with Gasteiger partial charge in [0.1, 0.15) is 5.84 Å². The summed E-state index contributed by atoms with van der Waals surface area (Å²) in [5.41, 5.74) is 16.3. The van der Waals surface area contributed by atoms with Gasteiger partial charge in [0.05, 0.1) is 6.04 Å². The number of hydrogen-bond acceptors (Lipinski definition) is 3. The Labute approximate surface area is 111 Å². The van der Waals surface area contributed by atoms with Crippen LogP contribution in [0.1, 0.15) is 22.7 Å². The molecule has 0 saturated carbocycles. The van der Waals surface area contributed by atoms with Gasteiger partial charge in [0.25, 0.3) is 0 Å². The van der Waals surface area contributed by atoms with Gasteiger partial charge in [-0.05, 0) is 35.7 Å². The molecule has 3 rings (SSSR count). The first-order valence-corrected chi connectivity index (χ1v) is 6.23. The summed E-state index contributed by atoms with van der Waals surface area (Å²) in [4.78, 5) is 0. The monoisotopic (exact) mass is 252 g/mol. The fraction of sp³-hybridized carbons (Fsp3) is 0.133. The first kappa shape index (κ1) is 11.6. The molecule has 2 aromatic rings. The number of amidine groups is 1. The molecule has 0 aliphatic carbocycles. The molecule has 2 aromatic carbocycles. The van der Waals surface area contributed by atoms with Crippen LogP contribution < -0.4 is 16.8 Å². The van der Waals surface area contributed by atoms with Gasteiger partial charge in [0.15, 0.2) is 0 Å². The molecule has 1 aliphatic rings. The van der Waals surface area contributed by atoms with Crippen molar-refractivity contribution < 1.29 is 0 Å². The van der Waals surface area contributed by atoms with Crippen molar-refractivity contribution in [1.82, 2.24) is 0 Å². The highest BCUT2D eigenvalue weighted by atomic mass is 14.9. The minimum absolute atomic E-state index is 0.0977. The van der Waals surface area contributed by atoms with E-state index in [0.717, 1.165) is 23.4 Å². The Bertz CT molecular complexity index is 631. The summed E-state index contributed by atoms with van der Waals surface area (Å²) in [5.74, 6) is 0.0977. The molecule has 1 atom stereocenters. The molecule has 1 aliphatic heterocycles. The second kappa shape index (κ2) is 4.31. The summed E-state index contributed by atoms with van der Waals surface area (Å²) in [6.45, 7) is 0. The quantitative estimate of drug-likeness (QED) is 0.375. The maximum atomic E-state index is 7.47. The lowest BCUT2D eigenvalue weighted by Crippen LogP contribution is -2.11. The van der Waals surface area contributed by atoms with Gasteiger partial charge in [-0.2, -0.15) is 0 Å². The van der Waals surface area contributed by atoms with Crippen LogP contribution >= 0.6 is 0 Å². The molecule has 0 saturated heterocycles. The van der Waals surface area contributed by atoms with E-state index in [9.17, 15) is 0 Å². The molecule has 19 heavy (non-hydrogen) atoms. The van der Waals surface area contributed by atoms with Crippen LogP contribution in [0.25, 0.3) is 0 Å². The van der Waals surface area contributed by atoms with Gasteiger partial charge in [-0.3, -0.25) is 5.41 Å². The van der Waals surface area contributed by atoms with Crippen LogP contribution in [-0.4, -0.2) is 5.84 Å². The smallest absolute Gasteiger partial charge is 0.122 e. The van der Waals surface area contributed by atoms with Gasteiger partial charge in [-0.25, -0.2) is 0 Å². The standard InChI is InChI=1S/C15H16N4/c16-12-5-3-9(4-6-12)13-7-10-1-2-11(15(17)18)8-14(10)19-13/h1-6,8,13,19H,7,16H2,(H3,17,18). The Balaban J connectivity index is 1.87. The van der Waals surface area contributed by atoms with Crippen molar-refractivity contribution in [3.8, 4) is 0 Å². The zero-order valence-electron chi connectivity index (χ0n) is 10.5. The molecule has 1 heterocycles. The topological polar surface area (TPSA) is 87.9 Å². The minimum atomic E-state index is 0.0977. The lowest BCUT2D eigenvalue weighted by molar-refractivity contribution is 0.824. The van der Waals surface area contributed by atoms with Crippen LogP contribution in [-0.2, 0) is 6.42 Å². The molecule has 0 radical (unpaired) electrons. The van der Waals surface area contributed by atoms with Crippen molar-refractivity contribution in [1.29, 1.82) is 5.41 Å². The second-order valence-corrected chi connectivity index (χ2v) is 4.85. The van der Waals surface area contributed by atoms with Crippen molar-refractivity contribution in [2.24, 2.45) is 5.73 Å². The molecule has 1 unspecified atom stereocenters. The number of nitrogen functional groups attached to an aromatic ring is 2. The number of benzene rings is 2. The fourth-order valence-corrected chi connectivity index (χ4v) is 2.44.